The first-order valence-corrected chi connectivity index (χ1v) is 7.01. The van der Waals surface area contributed by atoms with E-state index < -0.39 is 5.97 Å². The predicted octanol–water partition coefficient (Wildman–Crippen LogP) is 2.70. The van der Waals surface area contributed by atoms with Gasteiger partial charge in [-0.05, 0) is 38.5 Å². The lowest BCUT2D eigenvalue weighted by Gasteiger charge is -2.30. The van der Waals surface area contributed by atoms with Gasteiger partial charge in [0.15, 0.2) is 5.69 Å². The zero-order valence-corrected chi connectivity index (χ0v) is 12.0. The van der Waals surface area contributed by atoms with E-state index in [1.807, 2.05) is 11.5 Å². The lowest BCUT2D eigenvalue weighted by atomic mass is 9.84. The fourth-order valence-electron chi connectivity index (χ4n) is 3.08. The maximum Gasteiger partial charge on any atom is 0.360 e. The lowest BCUT2D eigenvalue weighted by Crippen LogP contribution is -2.20. The van der Waals surface area contributed by atoms with Gasteiger partial charge in [0.1, 0.15) is 11.6 Å². The third-order valence-electron chi connectivity index (χ3n) is 4.26. The Balaban J connectivity index is 2.21. The van der Waals surface area contributed by atoms with Crippen LogP contribution in [0.1, 0.15) is 61.4 Å². The normalized spacial score (nSPS) is 23.3. The molecule has 0 amide bonds. The maximum atomic E-state index is 11.6. The van der Waals surface area contributed by atoms with Gasteiger partial charge in [0.2, 0.25) is 0 Å². The molecule has 0 atom stereocenters. The van der Waals surface area contributed by atoms with Gasteiger partial charge in [0, 0.05) is 6.04 Å². The molecule has 1 aromatic rings. The summed E-state index contributed by atoms with van der Waals surface area (Å²) in [6, 6.07) is 0.369. The van der Waals surface area contributed by atoms with Gasteiger partial charge in [-0.1, -0.05) is 13.3 Å². The summed E-state index contributed by atoms with van der Waals surface area (Å²) in [5.41, 5.74) is 6.33. The molecule has 0 saturated heterocycles. The van der Waals surface area contributed by atoms with Gasteiger partial charge in [-0.2, -0.15) is 0 Å². The monoisotopic (exact) mass is 265 g/mol. The van der Waals surface area contributed by atoms with Crippen molar-refractivity contribution in [3.63, 3.8) is 0 Å². The van der Waals surface area contributed by atoms with Gasteiger partial charge in [-0.25, -0.2) is 9.78 Å². The summed E-state index contributed by atoms with van der Waals surface area (Å²) in [4.78, 5) is 15.9. The van der Waals surface area contributed by atoms with Crippen molar-refractivity contribution in [1.29, 1.82) is 0 Å². The van der Waals surface area contributed by atoms with Crippen LogP contribution in [0.3, 0.4) is 0 Å². The summed E-state index contributed by atoms with van der Waals surface area (Å²) in [5.74, 6) is 1.63. The number of ether oxygens (including phenoxy) is 1. The third-order valence-corrected chi connectivity index (χ3v) is 4.26. The molecule has 0 bridgehead atoms. The molecule has 19 heavy (non-hydrogen) atoms. The van der Waals surface area contributed by atoms with Crippen molar-refractivity contribution in [1.82, 2.24) is 9.55 Å². The molecule has 0 aromatic carbocycles. The summed E-state index contributed by atoms with van der Waals surface area (Å²) < 4.78 is 6.72. The molecule has 0 aliphatic heterocycles. The number of nitrogen functional groups attached to an aromatic ring is 1. The Hall–Kier alpha value is -1.52. The molecule has 1 aromatic heterocycles. The molecule has 5 nitrogen and oxygen atoms in total. The molecule has 2 rings (SSSR count). The number of aromatic nitrogens is 2. The Morgan fingerprint density at radius 1 is 1.42 bits per heavy atom. The number of anilines is 1. The molecule has 0 unspecified atom stereocenters. The summed E-state index contributed by atoms with van der Waals surface area (Å²) >= 11 is 0. The number of nitrogens with zero attached hydrogens (tertiary/aromatic N) is 2. The predicted molar refractivity (Wildman–Crippen MR) is 74.0 cm³/mol. The Kier molecular flexibility index (Phi) is 4.12. The topological polar surface area (TPSA) is 70.1 Å². The highest BCUT2D eigenvalue weighted by atomic mass is 16.5. The maximum absolute atomic E-state index is 11.6. The molecule has 1 aliphatic rings. The second-order valence-electron chi connectivity index (χ2n) is 5.34. The van der Waals surface area contributed by atoms with E-state index >= 15 is 0 Å². The van der Waals surface area contributed by atoms with Crippen molar-refractivity contribution in [2.45, 2.75) is 52.0 Å². The molecule has 1 saturated carbocycles. The van der Waals surface area contributed by atoms with Crippen molar-refractivity contribution in [2.75, 3.05) is 12.8 Å². The largest absolute Gasteiger partial charge is 0.464 e. The number of hydrogen-bond acceptors (Lipinski definition) is 4. The van der Waals surface area contributed by atoms with E-state index in [4.69, 9.17) is 10.5 Å². The summed E-state index contributed by atoms with van der Waals surface area (Å²) in [6.45, 7) is 4.14. The molecule has 1 aliphatic carbocycles. The highest BCUT2D eigenvalue weighted by Gasteiger charge is 2.27. The lowest BCUT2D eigenvalue weighted by molar-refractivity contribution is 0.0595. The van der Waals surface area contributed by atoms with Crippen LogP contribution in [0.4, 0.5) is 5.82 Å². The van der Waals surface area contributed by atoms with Gasteiger partial charge in [-0.15, -0.1) is 0 Å². The first-order valence-electron chi connectivity index (χ1n) is 7.01. The Morgan fingerprint density at radius 3 is 2.58 bits per heavy atom. The van der Waals surface area contributed by atoms with E-state index in [1.54, 1.807) is 0 Å². The minimum absolute atomic E-state index is 0.248. The molecular weight excluding hydrogens is 242 g/mol. The minimum Gasteiger partial charge on any atom is -0.464 e. The van der Waals surface area contributed by atoms with Crippen LogP contribution in [0.15, 0.2) is 0 Å². The number of esters is 1. The fourth-order valence-corrected chi connectivity index (χ4v) is 3.08. The second-order valence-corrected chi connectivity index (χ2v) is 5.34. The summed E-state index contributed by atoms with van der Waals surface area (Å²) in [6.07, 6.45) is 5.93. The standard InChI is InChI=1S/C14H23N3O2/c1-4-10-5-7-11(8-6-10)17-9(2)16-12(13(17)15)14(18)19-3/h10-11H,4-8,15H2,1-3H3. The van der Waals surface area contributed by atoms with Crippen LogP contribution in [0.5, 0.6) is 0 Å². The number of methoxy groups -OCH3 is 1. The number of imidazole rings is 1. The highest BCUT2D eigenvalue weighted by molar-refractivity contribution is 5.92. The van der Waals surface area contributed by atoms with E-state index in [2.05, 4.69) is 11.9 Å². The van der Waals surface area contributed by atoms with E-state index in [-0.39, 0.29) is 5.69 Å². The minimum atomic E-state index is -0.457. The number of aryl methyl sites for hydroxylation is 1. The average molecular weight is 265 g/mol. The van der Waals surface area contributed by atoms with E-state index in [1.165, 1.54) is 26.4 Å². The van der Waals surface area contributed by atoms with Gasteiger partial charge in [0.05, 0.1) is 7.11 Å². The molecule has 0 radical (unpaired) electrons. The smallest absolute Gasteiger partial charge is 0.360 e. The van der Waals surface area contributed by atoms with Gasteiger partial charge < -0.3 is 15.0 Å². The first kappa shape index (κ1) is 13.9. The van der Waals surface area contributed by atoms with Crippen LogP contribution in [0.2, 0.25) is 0 Å². The van der Waals surface area contributed by atoms with E-state index in [0.29, 0.717) is 11.9 Å². The Morgan fingerprint density at radius 2 is 2.05 bits per heavy atom. The SMILES string of the molecule is CCC1CCC(n2c(C)nc(C(=O)OC)c2N)CC1. The molecule has 1 heterocycles. The van der Waals surface area contributed by atoms with Crippen molar-refractivity contribution >= 4 is 11.8 Å². The van der Waals surface area contributed by atoms with Crippen LogP contribution in [0.25, 0.3) is 0 Å². The van der Waals surface area contributed by atoms with E-state index in [9.17, 15) is 4.79 Å². The van der Waals surface area contributed by atoms with Crippen molar-refractivity contribution < 1.29 is 9.53 Å². The van der Waals surface area contributed by atoms with Crippen LogP contribution < -0.4 is 5.73 Å². The van der Waals surface area contributed by atoms with Gasteiger partial charge in [0.25, 0.3) is 0 Å². The van der Waals surface area contributed by atoms with Crippen molar-refractivity contribution in [2.24, 2.45) is 5.92 Å². The Bertz CT molecular complexity index is 460. The number of rotatable bonds is 3. The first-order chi connectivity index (χ1) is 9.08. The van der Waals surface area contributed by atoms with Crippen LogP contribution >= 0.6 is 0 Å². The van der Waals surface area contributed by atoms with Crippen LogP contribution in [-0.2, 0) is 4.74 Å². The summed E-state index contributed by atoms with van der Waals surface area (Å²) in [5, 5.41) is 0. The van der Waals surface area contributed by atoms with Crippen LogP contribution in [-0.4, -0.2) is 22.6 Å². The quantitative estimate of drug-likeness (QED) is 0.853. The number of hydrogen-bond donors (Lipinski definition) is 1. The molecule has 1 fully saturated rings. The Labute approximate surface area is 114 Å². The molecular formula is C14H23N3O2. The zero-order chi connectivity index (χ0) is 14.0. The number of carbonyl (C=O) groups is 1. The number of carbonyl (C=O) groups excluding carboxylic acids is 1. The van der Waals surface area contributed by atoms with Gasteiger partial charge in [-0.3, -0.25) is 0 Å². The summed E-state index contributed by atoms with van der Waals surface area (Å²) in [7, 11) is 1.35. The molecule has 2 N–H and O–H groups in total. The zero-order valence-electron chi connectivity index (χ0n) is 12.0. The highest BCUT2D eigenvalue weighted by Crippen LogP contribution is 2.36. The fraction of sp³-hybridized carbons (Fsp3) is 0.714. The van der Waals surface area contributed by atoms with Gasteiger partial charge >= 0.3 is 5.97 Å². The third kappa shape index (κ3) is 2.60. The molecule has 0 spiro atoms. The number of nitrogens with two attached hydrogens (primary N) is 1. The average Bonchev–Trinajstić information content (AvgIpc) is 2.73. The second kappa shape index (κ2) is 5.63. The molecule has 5 heteroatoms. The van der Waals surface area contributed by atoms with E-state index in [0.717, 1.165) is 24.6 Å². The van der Waals surface area contributed by atoms with Crippen molar-refractivity contribution in [3.05, 3.63) is 11.5 Å². The van der Waals surface area contributed by atoms with Crippen LogP contribution in [0, 0.1) is 12.8 Å². The molecule has 106 valence electrons. The van der Waals surface area contributed by atoms with Crippen molar-refractivity contribution in [3.8, 4) is 0 Å².